The number of likely N-dealkylation sites (tertiary alicyclic amines) is 1. The van der Waals surface area contributed by atoms with Gasteiger partial charge in [0.05, 0.1) is 25.6 Å². The fraction of sp³-hybridized carbons (Fsp3) is 0.483. The second kappa shape index (κ2) is 14.2. The number of benzene rings is 2. The molecule has 1 saturated heterocycles. The van der Waals surface area contributed by atoms with Crippen LogP contribution in [0.5, 0.6) is 5.75 Å². The number of carboxylic acids is 3. The standard InChI is InChI=1S/C23H32N2O2.C6H8O7/c1-18-7-5-6-8-21(18)23(26)11-13-25(14-12-23)16-19-9-10-22(27-4)20(15-19)17-24(2)3;7-3(8)1-6(13,5(11)12)2-4(9)10/h5-10,15,26H,11-14,16-17H2,1-4H3;13H,1-2H2,(H,7,8)(H,9,10)(H,11,12). The van der Waals surface area contributed by atoms with Crippen molar-refractivity contribution < 1.29 is 44.7 Å². The maximum Gasteiger partial charge on any atom is 0.336 e. The van der Waals surface area contributed by atoms with Crippen LogP contribution in [0.25, 0.3) is 0 Å². The number of aliphatic hydroxyl groups is 2. The van der Waals surface area contributed by atoms with Gasteiger partial charge in [-0.25, -0.2) is 4.79 Å². The molecule has 11 heteroatoms. The maximum atomic E-state index is 11.2. The molecule has 1 aliphatic heterocycles. The Kier molecular flexibility index (Phi) is 11.6. The minimum absolute atomic E-state index is 0.697. The zero-order chi connectivity index (χ0) is 30.1. The monoisotopic (exact) mass is 560 g/mol. The number of hydrogen-bond donors (Lipinski definition) is 5. The van der Waals surface area contributed by atoms with Gasteiger partial charge in [0.15, 0.2) is 5.60 Å². The van der Waals surface area contributed by atoms with Gasteiger partial charge in [-0.15, -0.1) is 0 Å². The number of carbonyl (C=O) groups is 3. The molecule has 0 unspecified atom stereocenters. The summed E-state index contributed by atoms with van der Waals surface area (Å²) in [6.07, 6.45) is -0.736. The number of ether oxygens (including phenoxy) is 1. The summed E-state index contributed by atoms with van der Waals surface area (Å²) in [6.45, 7) is 5.67. The molecular formula is C29H40N2O9. The predicted octanol–water partition coefficient (Wildman–Crippen LogP) is 2.30. The highest BCUT2D eigenvalue weighted by Gasteiger charge is 2.40. The molecule has 1 heterocycles. The Morgan fingerprint density at radius 1 is 1.00 bits per heavy atom. The van der Waals surface area contributed by atoms with Gasteiger partial charge < -0.3 is 35.2 Å². The molecule has 0 aromatic heterocycles. The first-order valence-electron chi connectivity index (χ1n) is 12.9. The first kappa shape index (κ1) is 32.7. The van der Waals surface area contributed by atoms with E-state index in [1.54, 1.807) is 7.11 Å². The minimum atomic E-state index is -2.74. The predicted molar refractivity (Wildman–Crippen MR) is 147 cm³/mol. The van der Waals surface area contributed by atoms with Crippen molar-refractivity contribution in [2.75, 3.05) is 34.3 Å². The van der Waals surface area contributed by atoms with Crippen molar-refractivity contribution in [1.82, 2.24) is 9.80 Å². The summed E-state index contributed by atoms with van der Waals surface area (Å²) in [6, 6.07) is 14.7. The Balaban J connectivity index is 0.000000366. The minimum Gasteiger partial charge on any atom is -0.496 e. The van der Waals surface area contributed by atoms with E-state index in [-0.39, 0.29) is 0 Å². The summed E-state index contributed by atoms with van der Waals surface area (Å²) in [5, 5.41) is 45.0. The number of piperidine rings is 1. The average molecular weight is 561 g/mol. The van der Waals surface area contributed by atoms with Crippen molar-refractivity contribution in [3.8, 4) is 5.75 Å². The van der Waals surface area contributed by atoms with E-state index in [9.17, 15) is 19.5 Å². The van der Waals surface area contributed by atoms with E-state index in [0.717, 1.165) is 50.3 Å². The van der Waals surface area contributed by atoms with Crippen LogP contribution in [0.3, 0.4) is 0 Å². The lowest BCUT2D eigenvalue weighted by atomic mass is 9.82. The molecule has 1 aliphatic rings. The molecule has 0 aliphatic carbocycles. The van der Waals surface area contributed by atoms with Gasteiger partial charge >= 0.3 is 17.9 Å². The summed E-state index contributed by atoms with van der Waals surface area (Å²) in [5.74, 6) is -4.07. The van der Waals surface area contributed by atoms with Crippen LogP contribution in [-0.4, -0.2) is 93.1 Å². The number of rotatable bonds is 11. The van der Waals surface area contributed by atoms with E-state index in [2.05, 4.69) is 61.2 Å². The van der Waals surface area contributed by atoms with Crippen LogP contribution in [0.2, 0.25) is 0 Å². The third kappa shape index (κ3) is 9.30. The van der Waals surface area contributed by atoms with Gasteiger partial charge in [0.25, 0.3) is 0 Å². The fourth-order valence-corrected chi connectivity index (χ4v) is 4.81. The van der Waals surface area contributed by atoms with Crippen LogP contribution in [-0.2, 0) is 33.1 Å². The first-order valence-corrected chi connectivity index (χ1v) is 12.9. The summed E-state index contributed by atoms with van der Waals surface area (Å²) < 4.78 is 5.51. The van der Waals surface area contributed by atoms with Crippen molar-refractivity contribution in [2.24, 2.45) is 0 Å². The Morgan fingerprint density at radius 2 is 1.57 bits per heavy atom. The normalized spacial score (nSPS) is 15.2. The second-order valence-electron chi connectivity index (χ2n) is 10.5. The van der Waals surface area contributed by atoms with Crippen LogP contribution in [0.4, 0.5) is 0 Å². The van der Waals surface area contributed by atoms with Crippen LogP contribution in [0.1, 0.15) is 47.9 Å². The highest BCUT2D eigenvalue weighted by molar-refractivity contribution is 5.88. The first-order chi connectivity index (χ1) is 18.7. The molecule has 0 saturated carbocycles. The number of aliphatic carboxylic acids is 3. The van der Waals surface area contributed by atoms with Gasteiger partial charge in [-0.2, -0.15) is 0 Å². The van der Waals surface area contributed by atoms with E-state index in [4.69, 9.17) is 25.2 Å². The topological polar surface area (TPSA) is 168 Å². The molecule has 5 N–H and O–H groups in total. The summed E-state index contributed by atoms with van der Waals surface area (Å²) in [5.41, 5.74) is 1.34. The van der Waals surface area contributed by atoms with Gasteiger partial charge in [-0.1, -0.05) is 30.3 Å². The molecule has 40 heavy (non-hydrogen) atoms. The lowest BCUT2D eigenvalue weighted by Crippen LogP contribution is -2.42. The van der Waals surface area contributed by atoms with Crippen LogP contribution < -0.4 is 4.74 Å². The molecule has 0 amide bonds. The van der Waals surface area contributed by atoms with Gasteiger partial charge in [0.2, 0.25) is 0 Å². The van der Waals surface area contributed by atoms with E-state index in [0.29, 0.717) is 0 Å². The third-order valence-corrected chi connectivity index (χ3v) is 6.85. The molecule has 11 nitrogen and oxygen atoms in total. The molecule has 0 atom stereocenters. The molecule has 0 bridgehead atoms. The quantitative estimate of drug-likeness (QED) is 0.273. The van der Waals surface area contributed by atoms with Crippen molar-refractivity contribution >= 4 is 17.9 Å². The molecule has 1 fully saturated rings. The SMILES string of the molecule is COc1ccc(CN2CCC(O)(c3ccccc3C)CC2)cc1CN(C)C.O=C(O)CC(O)(CC(=O)O)C(=O)O. The fourth-order valence-electron chi connectivity index (χ4n) is 4.81. The Bertz CT molecular complexity index is 1160. The van der Waals surface area contributed by atoms with Crippen LogP contribution in [0.15, 0.2) is 42.5 Å². The Hall–Kier alpha value is -3.51. The lowest BCUT2D eigenvalue weighted by molar-refractivity contribution is -0.170. The smallest absolute Gasteiger partial charge is 0.336 e. The van der Waals surface area contributed by atoms with E-state index in [1.165, 1.54) is 16.7 Å². The Labute approximate surface area is 234 Å². The van der Waals surface area contributed by atoms with Crippen molar-refractivity contribution in [3.05, 3.63) is 64.7 Å². The molecule has 220 valence electrons. The molecule has 2 aromatic rings. The number of carboxylic acid groups (broad SMARTS) is 3. The average Bonchev–Trinajstić information content (AvgIpc) is 2.85. The number of aryl methyl sites for hydroxylation is 1. The molecule has 3 rings (SSSR count). The second-order valence-corrected chi connectivity index (χ2v) is 10.5. The van der Waals surface area contributed by atoms with Crippen molar-refractivity contribution in [1.29, 1.82) is 0 Å². The molecule has 0 radical (unpaired) electrons. The van der Waals surface area contributed by atoms with Gasteiger partial charge in [-0.3, -0.25) is 14.5 Å². The summed E-state index contributed by atoms with van der Waals surface area (Å²) in [4.78, 5) is 35.1. The lowest BCUT2D eigenvalue weighted by Gasteiger charge is -2.39. The number of nitrogens with zero attached hydrogens (tertiary/aromatic N) is 2. The number of hydrogen-bond acceptors (Lipinski definition) is 8. The molecule has 0 spiro atoms. The van der Waals surface area contributed by atoms with E-state index >= 15 is 0 Å². The summed E-state index contributed by atoms with van der Waals surface area (Å²) >= 11 is 0. The highest BCUT2D eigenvalue weighted by atomic mass is 16.5. The van der Waals surface area contributed by atoms with Gasteiger partial charge in [-0.05, 0) is 62.7 Å². The molecule has 2 aromatic carbocycles. The summed E-state index contributed by atoms with van der Waals surface area (Å²) in [7, 11) is 5.87. The van der Waals surface area contributed by atoms with Crippen molar-refractivity contribution in [3.63, 3.8) is 0 Å². The Morgan fingerprint density at radius 3 is 2.05 bits per heavy atom. The third-order valence-electron chi connectivity index (χ3n) is 6.85. The zero-order valence-corrected chi connectivity index (χ0v) is 23.5. The van der Waals surface area contributed by atoms with Crippen LogP contribution >= 0.6 is 0 Å². The van der Waals surface area contributed by atoms with Crippen LogP contribution in [0, 0.1) is 6.92 Å². The highest BCUT2D eigenvalue weighted by Crippen LogP contribution is 2.35. The van der Waals surface area contributed by atoms with E-state index in [1.807, 2.05) is 12.1 Å². The maximum absolute atomic E-state index is 11.2. The largest absolute Gasteiger partial charge is 0.496 e. The van der Waals surface area contributed by atoms with E-state index < -0.39 is 42.0 Å². The zero-order valence-electron chi connectivity index (χ0n) is 23.5. The number of methoxy groups -OCH3 is 1. The molecular weight excluding hydrogens is 520 g/mol. The van der Waals surface area contributed by atoms with Gasteiger partial charge in [0, 0.05) is 31.7 Å². The van der Waals surface area contributed by atoms with Crippen molar-refractivity contribution in [2.45, 2.75) is 56.9 Å². The van der Waals surface area contributed by atoms with Gasteiger partial charge in [0.1, 0.15) is 5.75 Å².